The number of sulfonamides is 1. The summed E-state index contributed by atoms with van der Waals surface area (Å²) in [5.41, 5.74) is 0.553. The van der Waals surface area contributed by atoms with Gasteiger partial charge in [0.25, 0.3) is 21.1 Å². The number of H-pyrrole nitrogens is 1. The number of para-hydroxylation sites is 1. The number of furan rings is 1. The van der Waals surface area contributed by atoms with Gasteiger partial charge >= 0.3 is 0 Å². The molecule has 1 aliphatic heterocycles. The molecule has 0 radical (unpaired) electrons. The van der Waals surface area contributed by atoms with Gasteiger partial charge < -0.3 is 15.1 Å². The monoisotopic (exact) mass is 502 g/mol. The van der Waals surface area contributed by atoms with Gasteiger partial charge in [0.1, 0.15) is 18.0 Å². The summed E-state index contributed by atoms with van der Waals surface area (Å²) in [6.45, 7) is 3.22. The Morgan fingerprint density at radius 1 is 1.26 bits per heavy atom. The second-order valence-corrected chi connectivity index (χ2v) is 10.5. The second kappa shape index (κ2) is 9.96. The summed E-state index contributed by atoms with van der Waals surface area (Å²) in [4.78, 5) is 42.3. The number of carbonyl (C=O) groups is 3. The number of hydrogen-bond donors (Lipinski definition) is 3. The third-order valence-electron chi connectivity index (χ3n) is 5.80. The fourth-order valence-corrected chi connectivity index (χ4v) is 5.16. The number of nitrogens with zero attached hydrogens (tertiary/aromatic N) is 3. The predicted octanol–water partition coefficient (Wildman–Crippen LogP) is 0.844. The number of benzene rings is 1. The largest absolute Gasteiger partial charge is 0.451 e. The lowest BCUT2D eigenvalue weighted by atomic mass is 10.0. The van der Waals surface area contributed by atoms with Gasteiger partial charge in [0.15, 0.2) is 11.5 Å². The zero-order valence-corrected chi connectivity index (χ0v) is 20.0. The van der Waals surface area contributed by atoms with Crippen LogP contribution in [0.15, 0.2) is 46.2 Å². The van der Waals surface area contributed by atoms with Gasteiger partial charge in [-0.2, -0.15) is 9.40 Å². The van der Waals surface area contributed by atoms with Crippen molar-refractivity contribution in [1.29, 1.82) is 0 Å². The minimum Gasteiger partial charge on any atom is -0.451 e. The zero-order chi connectivity index (χ0) is 25.2. The van der Waals surface area contributed by atoms with Gasteiger partial charge in [0.2, 0.25) is 5.91 Å². The second-order valence-electron chi connectivity index (χ2n) is 8.64. The van der Waals surface area contributed by atoms with E-state index in [9.17, 15) is 22.8 Å². The smallest absolute Gasteiger partial charge is 0.287 e. The van der Waals surface area contributed by atoms with E-state index in [0.717, 1.165) is 16.0 Å². The molecule has 0 bridgehead atoms. The molecule has 2 amide bonds. The van der Waals surface area contributed by atoms with E-state index in [0.29, 0.717) is 12.0 Å². The maximum absolute atomic E-state index is 13.1. The minimum absolute atomic E-state index is 0.0726. The van der Waals surface area contributed by atoms with E-state index in [2.05, 4.69) is 25.8 Å². The minimum atomic E-state index is -4.01. The molecule has 2 unspecified atom stereocenters. The molecule has 12 nitrogen and oxygen atoms in total. The SMILES string of the molecule is CC(C)C(NC(=O)c1cc2ccccc2o1)C(=O)NC1CCCN(S(=O)(=O)c2ncn[nH]2)CC1=O. The molecule has 0 spiro atoms. The van der Waals surface area contributed by atoms with Gasteiger partial charge in [-0.3, -0.25) is 14.4 Å². The maximum atomic E-state index is 13.1. The molecule has 3 heterocycles. The lowest BCUT2D eigenvalue weighted by Gasteiger charge is -2.24. The fraction of sp³-hybridized carbons (Fsp3) is 0.409. The molecule has 2 aromatic heterocycles. The number of rotatable bonds is 7. The number of nitrogens with one attached hydrogen (secondary N) is 3. The molecule has 1 saturated heterocycles. The number of carbonyl (C=O) groups excluding carboxylic acids is 3. The molecule has 4 rings (SSSR count). The van der Waals surface area contributed by atoms with Crippen molar-refractivity contribution in [3.63, 3.8) is 0 Å². The quantitative estimate of drug-likeness (QED) is 0.427. The maximum Gasteiger partial charge on any atom is 0.287 e. The molecular formula is C22H26N6O6S. The summed E-state index contributed by atoms with van der Waals surface area (Å²) in [6.07, 6.45) is 1.68. The fourth-order valence-electron chi connectivity index (χ4n) is 3.90. The highest BCUT2D eigenvalue weighted by atomic mass is 32.2. The molecule has 3 N–H and O–H groups in total. The number of ketones is 1. The third kappa shape index (κ3) is 5.25. The van der Waals surface area contributed by atoms with Gasteiger partial charge in [0, 0.05) is 11.9 Å². The first-order valence-electron chi connectivity index (χ1n) is 11.1. The summed E-state index contributed by atoms with van der Waals surface area (Å²) in [6, 6.07) is 6.94. The van der Waals surface area contributed by atoms with Crippen LogP contribution in [-0.2, 0) is 19.6 Å². The van der Waals surface area contributed by atoms with Crippen molar-refractivity contribution in [3.05, 3.63) is 42.4 Å². The molecule has 0 aliphatic carbocycles. The van der Waals surface area contributed by atoms with Crippen LogP contribution in [0.2, 0.25) is 0 Å². The summed E-state index contributed by atoms with van der Waals surface area (Å²) >= 11 is 0. The van der Waals surface area contributed by atoms with Crippen LogP contribution in [0.3, 0.4) is 0 Å². The molecule has 13 heteroatoms. The van der Waals surface area contributed by atoms with E-state index < -0.39 is 46.2 Å². The highest BCUT2D eigenvalue weighted by molar-refractivity contribution is 7.89. The molecular weight excluding hydrogens is 476 g/mol. The summed E-state index contributed by atoms with van der Waals surface area (Å²) < 4.78 is 32.0. The van der Waals surface area contributed by atoms with Crippen LogP contribution >= 0.6 is 0 Å². The van der Waals surface area contributed by atoms with Crippen LogP contribution in [0.5, 0.6) is 0 Å². The molecule has 186 valence electrons. The standard InChI is InChI=1S/C22H26N6O6S/c1-13(2)19(26-20(30)18-10-14-6-3-4-8-17(14)34-18)21(31)25-15-7-5-9-28(11-16(15)29)35(32,33)22-23-12-24-27-22/h3-4,6,8,10,12-13,15,19H,5,7,9,11H2,1-2H3,(H,25,31)(H,26,30)(H,23,24,27). The van der Waals surface area contributed by atoms with Crippen molar-refractivity contribution >= 4 is 38.6 Å². The zero-order valence-electron chi connectivity index (χ0n) is 19.2. The highest BCUT2D eigenvalue weighted by Crippen LogP contribution is 2.20. The summed E-state index contributed by atoms with van der Waals surface area (Å²) in [5, 5.41) is 11.6. The van der Waals surface area contributed by atoms with E-state index in [4.69, 9.17) is 4.42 Å². The van der Waals surface area contributed by atoms with Crippen molar-refractivity contribution in [2.24, 2.45) is 5.92 Å². The van der Waals surface area contributed by atoms with Crippen LogP contribution in [0, 0.1) is 5.92 Å². The van der Waals surface area contributed by atoms with E-state index >= 15 is 0 Å². The first-order valence-corrected chi connectivity index (χ1v) is 12.6. The molecule has 1 fully saturated rings. The van der Waals surface area contributed by atoms with Crippen LogP contribution in [-0.4, -0.2) is 70.7 Å². The number of Topliss-reactive ketones (excluding diaryl/α,β-unsaturated/α-hetero) is 1. The van der Waals surface area contributed by atoms with Crippen molar-refractivity contribution in [2.75, 3.05) is 13.1 Å². The lowest BCUT2D eigenvalue weighted by Crippen LogP contribution is -2.54. The predicted molar refractivity (Wildman–Crippen MR) is 124 cm³/mol. The Labute approximate surface area is 201 Å². The average molecular weight is 503 g/mol. The number of fused-ring (bicyclic) bond motifs is 1. The van der Waals surface area contributed by atoms with Crippen molar-refractivity contribution < 1.29 is 27.2 Å². The van der Waals surface area contributed by atoms with Crippen molar-refractivity contribution in [1.82, 2.24) is 30.1 Å². The summed E-state index contributed by atoms with van der Waals surface area (Å²) in [5.74, 6) is -1.75. The van der Waals surface area contributed by atoms with Gasteiger partial charge in [-0.1, -0.05) is 32.0 Å². The Balaban J connectivity index is 1.42. The highest BCUT2D eigenvalue weighted by Gasteiger charge is 2.36. The Kier molecular flexibility index (Phi) is 6.98. The molecule has 3 aromatic rings. The van der Waals surface area contributed by atoms with Crippen LogP contribution < -0.4 is 10.6 Å². The van der Waals surface area contributed by atoms with Gasteiger partial charge in [-0.25, -0.2) is 18.5 Å². The van der Waals surface area contributed by atoms with Crippen molar-refractivity contribution in [2.45, 2.75) is 43.9 Å². The number of hydrogen-bond acceptors (Lipinski definition) is 8. The number of aromatic nitrogens is 3. The number of aromatic amines is 1. The van der Waals surface area contributed by atoms with Gasteiger partial charge in [-0.05, 0) is 30.9 Å². The Bertz CT molecular complexity index is 1300. The van der Waals surface area contributed by atoms with Crippen LogP contribution in [0.25, 0.3) is 11.0 Å². The molecule has 1 aliphatic rings. The number of amides is 2. The molecule has 1 aromatic carbocycles. The van der Waals surface area contributed by atoms with Crippen molar-refractivity contribution in [3.8, 4) is 0 Å². The first-order chi connectivity index (χ1) is 16.7. The molecule has 2 atom stereocenters. The van der Waals surface area contributed by atoms with Gasteiger partial charge in [0.05, 0.1) is 12.6 Å². The van der Waals surface area contributed by atoms with E-state index in [1.807, 2.05) is 12.1 Å². The van der Waals surface area contributed by atoms with E-state index in [1.54, 1.807) is 32.0 Å². The normalized spacial score (nSPS) is 18.4. The summed E-state index contributed by atoms with van der Waals surface area (Å²) in [7, 11) is -4.01. The Hall–Kier alpha value is -3.58. The van der Waals surface area contributed by atoms with Crippen LogP contribution in [0.4, 0.5) is 0 Å². The molecule has 35 heavy (non-hydrogen) atoms. The Morgan fingerprint density at radius 2 is 2.03 bits per heavy atom. The average Bonchev–Trinajstić information content (AvgIpc) is 3.47. The lowest BCUT2D eigenvalue weighted by molar-refractivity contribution is -0.129. The Morgan fingerprint density at radius 3 is 2.71 bits per heavy atom. The van der Waals surface area contributed by atoms with E-state index in [1.165, 1.54) is 0 Å². The topological polar surface area (TPSA) is 167 Å². The van der Waals surface area contributed by atoms with Crippen LogP contribution in [0.1, 0.15) is 37.2 Å². The third-order valence-corrected chi connectivity index (χ3v) is 7.48. The van der Waals surface area contributed by atoms with Gasteiger partial charge in [-0.15, -0.1) is 0 Å². The molecule has 0 saturated carbocycles. The first kappa shape index (κ1) is 24.5. The van der Waals surface area contributed by atoms with E-state index in [-0.39, 0.29) is 29.8 Å².